The Bertz CT molecular complexity index is 1030. The SMILES string of the molecule is CC(Cl)C(=O)N1CCN(c2nc3nccc(-c4cc(Cl)ccc4Cl)n3n2)CC1. The number of fused-ring (bicyclic) bond motifs is 1. The average Bonchev–Trinajstić information content (AvgIpc) is 3.13. The quantitative estimate of drug-likeness (QED) is 0.585. The van der Waals surface area contributed by atoms with Gasteiger partial charge in [0.25, 0.3) is 5.78 Å². The van der Waals surface area contributed by atoms with Gasteiger partial charge in [0.05, 0.1) is 10.7 Å². The highest BCUT2D eigenvalue weighted by atomic mass is 35.5. The molecule has 2 aromatic heterocycles. The number of rotatable bonds is 3. The largest absolute Gasteiger partial charge is 0.338 e. The first-order valence-electron chi connectivity index (χ1n) is 8.79. The Morgan fingerprint density at radius 1 is 1.14 bits per heavy atom. The van der Waals surface area contributed by atoms with Gasteiger partial charge in [0, 0.05) is 43.0 Å². The first-order valence-corrected chi connectivity index (χ1v) is 9.98. The number of hydrogen-bond acceptors (Lipinski definition) is 5. The Hall–Kier alpha value is -2.09. The molecule has 1 aliphatic heterocycles. The van der Waals surface area contributed by atoms with Gasteiger partial charge in [0.15, 0.2) is 0 Å². The number of carbonyl (C=O) groups is 1. The summed E-state index contributed by atoms with van der Waals surface area (Å²) in [5.41, 5.74) is 1.51. The van der Waals surface area contributed by atoms with Crippen molar-refractivity contribution in [1.29, 1.82) is 0 Å². The van der Waals surface area contributed by atoms with Crippen LogP contribution < -0.4 is 4.90 Å². The standard InChI is InChI=1S/C18H17Cl3N6O/c1-11(19)16(28)25-6-8-26(9-7-25)18-23-17-22-5-4-15(27(17)24-18)13-10-12(20)2-3-14(13)21/h2-5,10-11H,6-9H2,1H3. The molecule has 1 aliphatic rings. The zero-order valence-corrected chi connectivity index (χ0v) is 17.3. The van der Waals surface area contributed by atoms with Crippen molar-refractivity contribution in [3.63, 3.8) is 0 Å². The van der Waals surface area contributed by atoms with Crippen LogP contribution >= 0.6 is 34.8 Å². The van der Waals surface area contributed by atoms with Crippen molar-refractivity contribution >= 4 is 52.4 Å². The Morgan fingerprint density at radius 3 is 2.61 bits per heavy atom. The lowest BCUT2D eigenvalue weighted by Crippen LogP contribution is -2.50. The number of aromatic nitrogens is 4. The van der Waals surface area contributed by atoms with Gasteiger partial charge in [-0.25, -0.2) is 4.98 Å². The average molecular weight is 440 g/mol. The van der Waals surface area contributed by atoms with E-state index in [-0.39, 0.29) is 5.91 Å². The molecule has 28 heavy (non-hydrogen) atoms. The molecule has 146 valence electrons. The van der Waals surface area contributed by atoms with Crippen molar-refractivity contribution in [3.8, 4) is 11.3 Å². The van der Waals surface area contributed by atoms with Crippen molar-refractivity contribution in [3.05, 3.63) is 40.5 Å². The highest BCUT2D eigenvalue weighted by molar-refractivity contribution is 6.35. The van der Waals surface area contributed by atoms with E-state index >= 15 is 0 Å². The summed E-state index contributed by atoms with van der Waals surface area (Å²) in [6, 6.07) is 7.09. The van der Waals surface area contributed by atoms with Crippen LogP contribution in [-0.2, 0) is 4.79 Å². The fourth-order valence-electron chi connectivity index (χ4n) is 3.19. The number of carbonyl (C=O) groups excluding carboxylic acids is 1. The molecule has 0 aliphatic carbocycles. The number of nitrogens with zero attached hydrogens (tertiary/aromatic N) is 6. The molecular formula is C18H17Cl3N6O. The third-order valence-corrected chi connectivity index (χ3v) is 5.40. The number of amides is 1. The van der Waals surface area contributed by atoms with Crippen LogP contribution in [0, 0.1) is 0 Å². The number of hydrogen-bond donors (Lipinski definition) is 0. The highest BCUT2D eigenvalue weighted by Crippen LogP contribution is 2.30. The van der Waals surface area contributed by atoms with Crippen LogP contribution in [0.3, 0.4) is 0 Å². The number of benzene rings is 1. The number of halogens is 3. The van der Waals surface area contributed by atoms with Gasteiger partial charge in [-0.15, -0.1) is 16.7 Å². The van der Waals surface area contributed by atoms with E-state index in [0.29, 0.717) is 48.0 Å². The Labute approximate surface area is 176 Å². The lowest BCUT2D eigenvalue weighted by atomic mass is 10.1. The normalized spacial score (nSPS) is 15.9. The molecule has 0 spiro atoms. The number of alkyl halides is 1. The van der Waals surface area contributed by atoms with E-state index < -0.39 is 5.38 Å². The zero-order chi connectivity index (χ0) is 19.8. The molecule has 4 rings (SSSR count). The van der Waals surface area contributed by atoms with E-state index in [1.54, 1.807) is 40.7 Å². The molecule has 0 N–H and O–H groups in total. The van der Waals surface area contributed by atoms with E-state index in [4.69, 9.17) is 34.8 Å². The second-order valence-electron chi connectivity index (χ2n) is 6.51. The summed E-state index contributed by atoms with van der Waals surface area (Å²) in [6.07, 6.45) is 1.67. The number of anilines is 1. The van der Waals surface area contributed by atoms with Crippen molar-refractivity contribution < 1.29 is 4.79 Å². The van der Waals surface area contributed by atoms with E-state index in [1.807, 2.05) is 11.0 Å². The topological polar surface area (TPSA) is 66.6 Å². The van der Waals surface area contributed by atoms with Gasteiger partial charge in [-0.1, -0.05) is 23.2 Å². The summed E-state index contributed by atoms with van der Waals surface area (Å²) >= 11 is 18.4. The second-order valence-corrected chi connectivity index (χ2v) is 8.00. The van der Waals surface area contributed by atoms with Crippen molar-refractivity contribution in [1.82, 2.24) is 24.5 Å². The molecule has 0 bridgehead atoms. The predicted molar refractivity (Wildman–Crippen MR) is 110 cm³/mol. The van der Waals surface area contributed by atoms with Crippen molar-refractivity contribution in [2.24, 2.45) is 0 Å². The van der Waals surface area contributed by atoms with E-state index in [2.05, 4.69) is 15.1 Å². The third-order valence-electron chi connectivity index (χ3n) is 4.65. The minimum absolute atomic E-state index is 0.0520. The molecule has 3 aromatic rings. The first kappa shape index (κ1) is 19.2. The monoisotopic (exact) mass is 438 g/mol. The summed E-state index contributed by atoms with van der Waals surface area (Å²) < 4.78 is 1.66. The van der Waals surface area contributed by atoms with Crippen LogP contribution in [0.1, 0.15) is 6.92 Å². The number of piperazine rings is 1. The molecule has 0 saturated carbocycles. The van der Waals surface area contributed by atoms with Gasteiger partial charge >= 0.3 is 0 Å². The van der Waals surface area contributed by atoms with Crippen LogP contribution in [0.25, 0.3) is 17.0 Å². The fraction of sp³-hybridized carbons (Fsp3) is 0.333. The maximum atomic E-state index is 12.0. The van der Waals surface area contributed by atoms with E-state index in [0.717, 1.165) is 11.3 Å². The van der Waals surface area contributed by atoms with Crippen LogP contribution in [0.2, 0.25) is 10.0 Å². The maximum Gasteiger partial charge on any atom is 0.254 e. The molecule has 1 aromatic carbocycles. The Morgan fingerprint density at radius 2 is 1.89 bits per heavy atom. The van der Waals surface area contributed by atoms with Crippen molar-refractivity contribution in [2.75, 3.05) is 31.1 Å². The van der Waals surface area contributed by atoms with Gasteiger partial charge in [0.1, 0.15) is 5.38 Å². The van der Waals surface area contributed by atoms with Gasteiger partial charge in [-0.05, 0) is 31.2 Å². The molecule has 1 fully saturated rings. The van der Waals surface area contributed by atoms with Crippen LogP contribution in [0.15, 0.2) is 30.5 Å². The van der Waals surface area contributed by atoms with E-state index in [1.165, 1.54) is 0 Å². The van der Waals surface area contributed by atoms with Gasteiger partial charge in [0.2, 0.25) is 11.9 Å². The Kier molecular flexibility index (Phi) is 5.31. The lowest BCUT2D eigenvalue weighted by molar-refractivity contribution is -0.130. The first-order chi connectivity index (χ1) is 13.4. The minimum Gasteiger partial charge on any atom is -0.338 e. The lowest BCUT2D eigenvalue weighted by Gasteiger charge is -2.34. The van der Waals surface area contributed by atoms with Crippen LogP contribution in [0.4, 0.5) is 5.95 Å². The maximum absolute atomic E-state index is 12.0. The zero-order valence-electron chi connectivity index (χ0n) is 15.0. The second kappa shape index (κ2) is 7.73. The molecule has 3 heterocycles. The minimum atomic E-state index is -0.519. The van der Waals surface area contributed by atoms with E-state index in [9.17, 15) is 4.79 Å². The van der Waals surface area contributed by atoms with Crippen LogP contribution in [-0.4, -0.2) is 61.9 Å². The molecule has 1 atom stereocenters. The summed E-state index contributed by atoms with van der Waals surface area (Å²) in [6.45, 7) is 4.09. The molecule has 10 heteroatoms. The molecule has 1 unspecified atom stereocenters. The van der Waals surface area contributed by atoms with Gasteiger partial charge < -0.3 is 9.80 Å². The van der Waals surface area contributed by atoms with Gasteiger partial charge in [-0.3, -0.25) is 4.79 Å². The summed E-state index contributed by atoms with van der Waals surface area (Å²) in [5, 5.41) is 5.26. The predicted octanol–water partition coefficient (Wildman–Crippen LogP) is 3.37. The summed E-state index contributed by atoms with van der Waals surface area (Å²) in [5.74, 6) is 0.976. The molecular weight excluding hydrogens is 423 g/mol. The van der Waals surface area contributed by atoms with Gasteiger partial charge in [-0.2, -0.15) is 9.50 Å². The Balaban J connectivity index is 1.63. The summed E-state index contributed by atoms with van der Waals surface area (Å²) in [7, 11) is 0. The summed E-state index contributed by atoms with van der Waals surface area (Å²) in [4.78, 5) is 24.7. The van der Waals surface area contributed by atoms with Crippen molar-refractivity contribution in [2.45, 2.75) is 12.3 Å². The molecule has 1 amide bonds. The molecule has 7 nitrogen and oxygen atoms in total. The third kappa shape index (κ3) is 3.62. The highest BCUT2D eigenvalue weighted by Gasteiger charge is 2.26. The molecule has 1 saturated heterocycles. The molecule has 0 radical (unpaired) electrons. The fourth-order valence-corrected chi connectivity index (χ4v) is 3.72. The van der Waals surface area contributed by atoms with Crippen LogP contribution in [0.5, 0.6) is 0 Å². The smallest absolute Gasteiger partial charge is 0.254 e.